The second-order valence-electron chi connectivity index (χ2n) is 8.12. The first kappa shape index (κ1) is 27.2. The Labute approximate surface area is 214 Å². The standard InChI is InChI=1S/C25H37N5O2.HI/c1-3-26-25(27-14-5-7-18-30-17-6-4-13-24(30)31)28-20-23(29-15-8-9-16-29)21-11-10-12-22(19-21)32-2;/h4,6,10-13,17,19,23H,3,5,7-9,14-16,18,20H2,1-2H3,(H2,26,27,28);1H. The summed E-state index contributed by atoms with van der Waals surface area (Å²) in [4.78, 5) is 19.2. The number of methoxy groups -OCH3 is 1. The molecule has 0 spiro atoms. The van der Waals surface area contributed by atoms with Gasteiger partial charge in [-0.3, -0.25) is 14.7 Å². The highest BCUT2D eigenvalue weighted by Crippen LogP contribution is 2.27. The maximum atomic E-state index is 11.8. The average molecular weight is 568 g/mol. The zero-order chi connectivity index (χ0) is 22.6. The number of guanidine groups is 1. The van der Waals surface area contributed by atoms with Crippen molar-refractivity contribution in [3.05, 3.63) is 64.6 Å². The van der Waals surface area contributed by atoms with Crippen LogP contribution in [0.2, 0.25) is 0 Å². The molecule has 0 amide bonds. The van der Waals surface area contributed by atoms with Gasteiger partial charge in [0.05, 0.1) is 19.7 Å². The van der Waals surface area contributed by atoms with Gasteiger partial charge in [0.25, 0.3) is 0 Å². The van der Waals surface area contributed by atoms with Crippen LogP contribution < -0.4 is 20.9 Å². The Morgan fingerprint density at radius 1 is 1.12 bits per heavy atom. The molecular formula is C25H38IN5O2. The summed E-state index contributed by atoms with van der Waals surface area (Å²) in [7, 11) is 1.71. The van der Waals surface area contributed by atoms with E-state index in [4.69, 9.17) is 9.73 Å². The lowest BCUT2D eigenvalue weighted by atomic mass is 10.1. The number of hydrogen-bond acceptors (Lipinski definition) is 4. The first-order valence-corrected chi connectivity index (χ1v) is 11.8. The van der Waals surface area contributed by atoms with E-state index in [1.807, 2.05) is 18.3 Å². The number of aliphatic imine (C=N–C) groups is 1. The van der Waals surface area contributed by atoms with Crippen LogP contribution in [0.25, 0.3) is 0 Å². The van der Waals surface area contributed by atoms with Crippen LogP contribution in [0.15, 0.2) is 58.4 Å². The van der Waals surface area contributed by atoms with E-state index in [1.165, 1.54) is 18.4 Å². The van der Waals surface area contributed by atoms with Crippen LogP contribution in [0.5, 0.6) is 5.75 Å². The molecule has 1 unspecified atom stereocenters. The fraction of sp³-hybridized carbons (Fsp3) is 0.520. The molecule has 1 aromatic heterocycles. The van der Waals surface area contributed by atoms with E-state index in [2.05, 4.69) is 40.7 Å². The monoisotopic (exact) mass is 567 g/mol. The summed E-state index contributed by atoms with van der Waals surface area (Å²) in [6.45, 7) is 7.38. The second kappa shape index (κ2) is 15.0. The zero-order valence-electron chi connectivity index (χ0n) is 19.8. The zero-order valence-corrected chi connectivity index (χ0v) is 22.2. The van der Waals surface area contributed by atoms with Crippen molar-refractivity contribution >= 4 is 29.9 Å². The minimum absolute atomic E-state index is 0. The van der Waals surface area contributed by atoms with E-state index < -0.39 is 0 Å². The lowest BCUT2D eigenvalue weighted by Gasteiger charge is -2.27. The van der Waals surface area contributed by atoms with Crippen molar-refractivity contribution in [2.45, 2.75) is 45.2 Å². The van der Waals surface area contributed by atoms with Crippen LogP contribution in [-0.2, 0) is 6.54 Å². The fourth-order valence-electron chi connectivity index (χ4n) is 4.11. The predicted octanol–water partition coefficient (Wildman–Crippen LogP) is 3.65. The molecule has 0 radical (unpaired) electrons. The van der Waals surface area contributed by atoms with Crippen molar-refractivity contribution in [1.29, 1.82) is 0 Å². The number of rotatable bonds is 11. The SMILES string of the molecule is CCNC(=NCC(c1cccc(OC)c1)N1CCCC1)NCCCCn1ccccc1=O.I. The Hall–Kier alpha value is -2.07. The van der Waals surface area contributed by atoms with Gasteiger partial charge in [0.2, 0.25) is 5.56 Å². The van der Waals surface area contributed by atoms with Crippen LogP contribution >= 0.6 is 24.0 Å². The molecule has 0 aliphatic carbocycles. The first-order valence-electron chi connectivity index (χ1n) is 11.8. The average Bonchev–Trinajstić information content (AvgIpc) is 3.35. The van der Waals surface area contributed by atoms with Gasteiger partial charge in [-0.1, -0.05) is 18.2 Å². The summed E-state index contributed by atoms with van der Waals surface area (Å²) < 4.78 is 7.20. The largest absolute Gasteiger partial charge is 0.497 e. The number of pyridine rings is 1. The Morgan fingerprint density at radius 3 is 2.67 bits per heavy atom. The minimum atomic E-state index is 0. The first-order chi connectivity index (χ1) is 15.7. The van der Waals surface area contributed by atoms with Gasteiger partial charge in [0, 0.05) is 31.9 Å². The molecule has 8 heteroatoms. The van der Waals surface area contributed by atoms with Crippen molar-refractivity contribution in [1.82, 2.24) is 20.1 Å². The molecule has 182 valence electrons. The summed E-state index contributed by atoms with van der Waals surface area (Å²) in [6, 6.07) is 13.9. The maximum absolute atomic E-state index is 11.8. The van der Waals surface area contributed by atoms with E-state index in [1.54, 1.807) is 23.8 Å². The molecule has 1 aliphatic heterocycles. The summed E-state index contributed by atoms with van der Waals surface area (Å²) in [5, 5.41) is 6.81. The maximum Gasteiger partial charge on any atom is 0.250 e. The van der Waals surface area contributed by atoms with Crippen molar-refractivity contribution in [3.63, 3.8) is 0 Å². The topological polar surface area (TPSA) is 70.9 Å². The molecule has 0 bridgehead atoms. The number of benzene rings is 1. The number of aromatic nitrogens is 1. The Morgan fingerprint density at radius 2 is 1.94 bits per heavy atom. The number of likely N-dealkylation sites (tertiary alicyclic amines) is 1. The number of ether oxygens (including phenoxy) is 1. The lowest BCUT2D eigenvalue weighted by Crippen LogP contribution is -2.39. The number of unbranched alkanes of at least 4 members (excludes halogenated alkanes) is 1. The van der Waals surface area contributed by atoms with Crippen molar-refractivity contribution < 1.29 is 4.74 Å². The van der Waals surface area contributed by atoms with Gasteiger partial charge < -0.3 is 19.9 Å². The Bertz CT molecular complexity index is 911. The van der Waals surface area contributed by atoms with Gasteiger partial charge in [0.1, 0.15) is 5.75 Å². The van der Waals surface area contributed by atoms with E-state index >= 15 is 0 Å². The van der Waals surface area contributed by atoms with E-state index in [-0.39, 0.29) is 35.6 Å². The minimum Gasteiger partial charge on any atom is -0.497 e. The van der Waals surface area contributed by atoms with Crippen LogP contribution in [0.3, 0.4) is 0 Å². The molecule has 2 heterocycles. The molecule has 1 atom stereocenters. The van der Waals surface area contributed by atoms with E-state index in [0.29, 0.717) is 6.54 Å². The third-order valence-electron chi connectivity index (χ3n) is 5.84. The summed E-state index contributed by atoms with van der Waals surface area (Å²) >= 11 is 0. The highest BCUT2D eigenvalue weighted by molar-refractivity contribution is 14.0. The highest BCUT2D eigenvalue weighted by Gasteiger charge is 2.23. The molecule has 1 fully saturated rings. The third kappa shape index (κ3) is 8.66. The molecule has 7 nitrogen and oxygen atoms in total. The fourth-order valence-corrected chi connectivity index (χ4v) is 4.11. The van der Waals surface area contributed by atoms with Gasteiger partial charge in [-0.05, 0) is 69.5 Å². The van der Waals surface area contributed by atoms with Gasteiger partial charge in [0.15, 0.2) is 5.96 Å². The van der Waals surface area contributed by atoms with E-state index in [9.17, 15) is 4.79 Å². The van der Waals surface area contributed by atoms with E-state index in [0.717, 1.165) is 57.3 Å². The smallest absolute Gasteiger partial charge is 0.250 e. The van der Waals surface area contributed by atoms with Crippen molar-refractivity contribution in [2.24, 2.45) is 4.99 Å². The second-order valence-corrected chi connectivity index (χ2v) is 8.12. The normalized spacial score (nSPS) is 15.0. The summed E-state index contributed by atoms with van der Waals surface area (Å²) in [5.41, 5.74) is 1.31. The lowest BCUT2D eigenvalue weighted by molar-refractivity contribution is 0.251. The molecule has 1 aromatic carbocycles. The van der Waals surface area contributed by atoms with Gasteiger partial charge in [-0.25, -0.2) is 0 Å². The van der Waals surface area contributed by atoms with Crippen LogP contribution in [0, 0.1) is 0 Å². The quantitative estimate of drug-likeness (QED) is 0.188. The van der Waals surface area contributed by atoms with Crippen LogP contribution in [0.1, 0.15) is 44.2 Å². The summed E-state index contributed by atoms with van der Waals surface area (Å²) in [5.74, 6) is 1.73. The molecule has 2 aromatic rings. The van der Waals surface area contributed by atoms with Gasteiger partial charge in [-0.15, -0.1) is 24.0 Å². The third-order valence-corrected chi connectivity index (χ3v) is 5.84. The molecular weight excluding hydrogens is 529 g/mol. The molecule has 2 N–H and O–H groups in total. The van der Waals surface area contributed by atoms with Gasteiger partial charge in [-0.2, -0.15) is 0 Å². The number of aryl methyl sites for hydroxylation is 1. The van der Waals surface area contributed by atoms with Crippen molar-refractivity contribution in [2.75, 3.05) is 39.8 Å². The number of nitrogens with zero attached hydrogens (tertiary/aromatic N) is 3. The molecule has 0 saturated carbocycles. The molecule has 1 aliphatic rings. The predicted molar refractivity (Wildman–Crippen MR) is 146 cm³/mol. The van der Waals surface area contributed by atoms with Crippen LogP contribution in [-0.4, -0.2) is 55.3 Å². The Balaban J connectivity index is 0.00000385. The van der Waals surface area contributed by atoms with Gasteiger partial charge >= 0.3 is 0 Å². The highest BCUT2D eigenvalue weighted by atomic mass is 127. The Kier molecular flexibility index (Phi) is 12.3. The molecule has 33 heavy (non-hydrogen) atoms. The molecule has 3 rings (SSSR count). The number of halogens is 1. The number of nitrogens with one attached hydrogen (secondary N) is 2. The summed E-state index contributed by atoms with van der Waals surface area (Å²) in [6.07, 6.45) is 6.24. The van der Waals surface area contributed by atoms with Crippen LogP contribution in [0.4, 0.5) is 0 Å². The number of hydrogen-bond donors (Lipinski definition) is 2. The van der Waals surface area contributed by atoms with Crippen molar-refractivity contribution in [3.8, 4) is 5.75 Å². The molecule has 1 saturated heterocycles.